The predicted molar refractivity (Wildman–Crippen MR) is 110 cm³/mol. The Balaban J connectivity index is 1.51. The lowest BCUT2D eigenvalue weighted by atomic mass is 9.68. The van der Waals surface area contributed by atoms with Crippen LogP contribution in [-0.2, 0) is 15.0 Å². The third-order valence-electron chi connectivity index (χ3n) is 6.56. The molecule has 4 rings (SSSR count). The van der Waals surface area contributed by atoms with Crippen LogP contribution in [0.1, 0.15) is 43.7 Å². The average Bonchev–Trinajstić information content (AvgIpc) is 3.07. The number of carbonyl (C=O) groups is 2. The number of hydrogen-bond acceptors (Lipinski definition) is 2. The van der Waals surface area contributed by atoms with E-state index in [1.807, 2.05) is 11.8 Å². The molecule has 2 aromatic carbocycles. The first-order valence-electron chi connectivity index (χ1n) is 10.3. The number of piperidine rings is 1. The maximum absolute atomic E-state index is 12.9. The fraction of sp³-hybridized carbons (Fsp3) is 0.417. The second-order valence-corrected chi connectivity index (χ2v) is 8.10. The van der Waals surface area contributed by atoms with Crippen molar-refractivity contribution in [3.8, 4) is 0 Å². The summed E-state index contributed by atoms with van der Waals surface area (Å²) in [5.41, 5.74) is 2.57. The highest BCUT2D eigenvalue weighted by molar-refractivity contribution is 5.86. The summed E-state index contributed by atoms with van der Waals surface area (Å²) in [6.07, 6.45) is 3.23. The summed E-state index contributed by atoms with van der Waals surface area (Å²) in [7, 11) is 0. The zero-order valence-electron chi connectivity index (χ0n) is 16.5. The molecular weight excluding hydrogens is 348 g/mol. The van der Waals surface area contributed by atoms with Crippen LogP contribution in [-0.4, -0.2) is 47.3 Å². The van der Waals surface area contributed by atoms with Crippen LogP contribution in [0.5, 0.6) is 0 Å². The van der Waals surface area contributed by atoms with E-state index >= 15 is 0 Å². The van der Waals surface area contributed by atoms with E-state index in [0.29, 0.717) is 6.42 Å². The lowest BCUT2D eigenvalue weighted by Crippen LogP contribution is -2.49. The number of amides is 2. The van der Waals surface area contributed by atoms with E-state index in [9.17, 15) is 9.59 Å². The van der Waals surface area contributed by atoms with Crippen molar-refractivity contribution in [1.29, 1.82) is 0 Å². The monoisotopic (exact) mass is 376 g/mol. The molecule has 2 fully saturated rings. The Bertz CT molecular complexity index is 785. The second-order valence-electron chi connectivity index (χ2n) is 8.10. The third-order valence-corrected chi connectivity index (χ3v) is 6.56. The second kappa shape index (κ2) is 7.78. The van der Waals surface area contributed by atoms with Gasteiger partial charge >= 0.3 is 0 Å². The van der Waals surface area contributed by atoms with E-state index in [0.717, 1.165) is 32.4 Å². The summed E-state index contributed by atoms with van der Waals surface area (Å²) >= 11 is 0. The van der Waals surface area contributed by atoms with E-state index in [4.69, 9.17) is 0 Å². The Kier molecular flexibility index (Phi) is 5.21. The maximum Gasteiger partial charge on any atom is 0.242 e. The van der Waals surface area contributed by atoms with Crippen LogP contribution < -0.4 is 0 Å². The minimum absolute atomic E-state index is 0.0595. The molecule has 1 atom stereocenters. The maximum atomic E-state index is 12.9. The van der Waals surface area contributed by atoms with Crippen LogP contribution in [0.25, 0.3) is 0 Å². The first-order chi connectivity index (χ1) is 13.6. The molecule has 0 spiro atoms. The van der Waals surface area contributed by atoms with Gasteiger partial charge in [-0.3, -0.25) is 9.59 Å². The number of nitrogens with zero attached hydrogens (tertiary/aromatic N) is 2. The Morgan fingerprint density at radius 2 is 1.50 bits per heavy atom. The number of likely N-dealkylation sites (tertiary alicyclic amines) is 2. The van der Waals surface area contributed by atoms with Gasteiger partial charge in [0.2, 0.25) is 11.8 Å². The first kappa shape index (κ1) is 18.7. The number of benzene rings is 2. The van der Waals surface area contributed by atoms with Crippen LogP contribution in [0, 0.1) is 0 Å². The predicted octanol–water partition coefficient (Wildman–Crippen LogP) is 3.61. The van der Waals surface area contributed by atoms with Gasteiger partial charge in [0, 0.05) is 31.0 Å². The highest BCUT2D eigenvalue weighted by atomic mass is 16.2. The van der Waals surface area contributed by atoms with E-state index in [1.54, 1.807) is 4.90 Å². The highest BCUT2D eigenvalue weighted by Gasteiger charge is 2.39. The van der Waals surface area contributed by atoms with Gasteiger partial charge in [-0.05, 0) is 37.3 Å². The van der Waals surface area contributed by atoms with Crippen LogP contribution in [0.3, 0.4) is 0 Å². The molecule has 0 saturated carbocycles. The minimum atomic E-state index is -0.0595. The Hall–Kier alpha value is -2.62. The molecule has 0 radical (unpaired) electrons. The van der Waals surface area contributed by atoms with E-state index < -0.39 is 0 Å². The van der Waals surface area contributed by atoms with Crippen molar-refractivity contribution in [2.45, 2.75) is 44.1 Å². The normalized spacial score (nSPS) is 21.8. The lowest BCUT2D eigenvalue weighted by molar-refractivity contribution is -0.140. The highest BCUT2D eigenvalue weighted by Crippen LogP contribution is 2.41. The van der Waals surface area contributed by atoms with Crippen molar-refractivity contribution in [2.24, 2.45) is 0 Å². The molecule has 2 heterocycles. The van der Waals surface area contributed by atoms with Gasteiger partial charge in [0.15, 0.2) is 0 Å². The standard InChI is InChI=1S/C24H28N2O2/c1-19-12-13-22(27)26(19)18-23(28)25-16-14-24(15-17-25,20-8-4-2-5-9-20)21-10-6-3-7-11-21/h2-11,19H,12-18H2,1H3/t19-/m0/s1. The molecule has 2 amide bonds. The molecule has 0 bridgehead atoms. The van der Waals surface area contributed by atoms with Gasteiger partial charge in [-0.25, -0.2) is 0 Å². The van der Waals surface area contributed by atoms with Gasteiger partial charge in [0.1, 0.15) is 0 Å². The number of rotatable bonds is 4. The topological polar surface area (TPSA) is 40.6 Å². The summed E-state index contributed by atoms with van der Waals surface area (Å²) < 4.78 is 0. The number of hydrogen-bond donors (Lipinski definition) is 0. The molecule has 4 nitrogen and oxygen atoms in total. The summed E-state index contributed by atoms with van der Waals surface area (Å²) in [6.45, 7) is 3.70. The summed E-state index contributed by atoms with van der Waals surface area (Å²) in [5.74, 6) is 0.192. The SMILES string of the molecule is C[C@H]1CCC(=O)N1CC(=O)N1CCC(c2ccccc2)(c2ccccc2)CC1. The average molecular weight is 377 g/mol. The van der Waals surface area contributed by atoms with Gasteiger partial charge < -0.3 is 9.80 Å². The first-order valence-corrected chi connectivity index (χ1v) is 10.3. The summed E-state index contributed by atoms with van der Waals surface area (Å²) in [5, 5.41) is 0. The summed E-state index contributed by atoms with van der Waals surface area (Å²) in [6, 6.07) is 21.5. The quantitative estimate of drug-likeness (QED) is 0.818. The van der Waals surface area contributed by atoms with E-state index in [2.05, 4.69) is 60.7 Å². The molecular formula is C24H28N2O2. The Morgan fingerprint density at radius 1 is 0.964 bits per heavy atom. The van der Waals surface area contributed by atoms with E-state index in [-0.39, 0.29) is 29.8 Å². The van der Waals surface area contributed by atoms with Crippen LogP contribution in [0.4, 0.5) is 0 Å². The fourth-order valence-corrected chi connectivity index (χ4v) is 4.76. The molecule has 0 aromatic heterocycles. The van der Waals surface area contributed by atoms with Crippen molar-refractivity contribution in [3.63, 3.8) is 0 Å². The van der Waals surface area contributed by atoms with Crippen molar-refractivity contribution in [2.75, 3.05) is 19.6 Å². The van der Waals surface area contributed by atoms with Crippen molar-refractivity contribution in [1.82, 2.24) is 9.80 Å². The van der Waals surface area contributed by atoms with Gasteiger partial charge in [-0.2, -0.15) is 0 Å². The van der Waals surface area contributed by atoms with Crippen molar-refractivity contribution >= 4 is 11.8 Å². The minimum Gasteiger partial charge on any atom is -0.341 e. The Labute approximate surface area is 167 Å². The molecule has 0 N–H and O–H groups in total. The zero-order valence-corrected chi connectivity index (χ0v) is 16.5. The van der Waals surface area contributed by atoms with E-state index in [1.165, 1.54) is 11.1 Å². The molecule has 2 saturated heterocycles. The molecule has 0 aliphatic carbocycles. The largest absolute Gasteiger partial charge is 0.341 e. The molecule has 0 unspecified atom stereocenters. The molecule has 2 aromatic rings. The summed E-state index contributed by atoms with van der Waals surface area (Å²) in [4.78, 5) is 28.6. The van der Waals surface area contributed by atoms with Gasteiger partial charge in [0.05, 0.1) is 6.54 Å². The van der Waals surface area contributed by atoms with Crippen molar-refractivity contribution < 1.29 is 9.59 Å². The molecule has 146 valence electrons. The third kappa shape index (κ3) is 3.44. The lowest BCUT2D eigenvalue weighted by Gasteiger charge is -2.43. The van der Waals surface area contributed by atoms with Gasteiger partial charge in [-0.1, -0.05) is 60.7 Å². The fourth-order valence-electron chi connectivity index (χ4n) is 4.76. The van der Waals surface area contributed by atoms with Crippen LogP contribution >= 0.6 is 0 Å². The molecule has 2 aliphatic rings. The van der Waals surface area contributed by atoms with Gasteiger partial charge in [0.25, 0.3) is 0 Å². The van der Waals surface area contributed by atoms with Crippen molar-refractivity contribution in [3.05, 3.63) is 71.8 Å². The van der Waals surface area contributed by atoms with Crippen LogP contribution in [0.2, 0.25) is 0 Å². The van der Waals surface area contributed by atoms with Gasteiger partial charge in [-0.15, -0.1) is 0 Å². The number of carbonyl (C=O) groups excluding carboxylic acids is 2. The molecule has 4 heteroatoms. The van der Waals surface area contributed by atoms with Crippen LogP contribution in [0.15, 0.2) is 60.7 Å². The smallest absolute Gasteiger partial charge is 0.242 e. The molecule has 28 heavy (non-hydrogen) atoms. The molecule has 2 aliphatic heterocycles. The Morgan fingerprint density at radius 3 is 1.96 bits per heavy atom. The zero-order chi connectivity index (χ0) is 19.6.